The van der Waals surface area contributed by atoms with E-state index in [0.29, 0.717) is 17.4 Å². The number of hydrogen-bond donors (Lipinski definition) is 1. The van der Waals surface area contributed by atoms with Crippen LogP contribution in [0.3, 0.4) is 0 Å². The largest absolute Gasteiger partial charge is 0.312 e. The normalized spacial score (nSPS) is 18.9. The molecule has 2 amide bonds. The topological polar surface area (TPSA) is 79.4 Å². The lowest BCUT2D eigenvalue weighted by Gasteiger charge is -2.17. The van der Waals surface area contributed by atoms with Gasteiger partial charge in [0.25, 0.3) is 0 Å². The molecule has 7 heteroatoms. The lowest BCUT2D eigenvalue weighted by atomic mass is 10.1. The Morgan fingerprint density at radius 3 is 2.85 bits per heavy atom. The maximum Gasteiger partial charge on any atom is 0.231 e. The number of fused-ring (bicyclic) bond motifs is 1. The summed E-state index contributed by atoms with van der Waals surface area (Å²) < 4.78 is 0. The van der Waals surface area contributed by atoms with Crippen molar-refractivity contribution in [3.05, 3.63) is 40.4 Å². The van der Waals surface area contributed by atoms with Crippen LogP contribution >= 0.6 is 11.3 Å². The highest BCUT2D eigenvalue weighted by Crippen LogP contribution is 2.31. The second-order valence-electron chi connectivity index (χ2n) is 6.80. The third-order valence-corrected chi connectivity index (χ3v) is 5.74. The molecule has 1 unspecified atom stereocenters. The Bertz CT molecular complexity index is 905. The van der Waals surface area contributed by atoms with Crippen LogP contribution in [0.15, 0.2) is 23.6 Å². The van der Waals surface area contributed by atoms with Gasteiger partial charge in [-0.2, -0.15) is 0 Å². The van der Waals surface area contributed by atoms with Crippen molar-refractivity contribution in [2.75, 3.05) is 16.8 Å². The summed E-state index contributed by atoms with van der Waals surface area (Å²) in [6.45, 7) is 1.80. The molecule has 1 N–H and O–H groups in total. The molecule has 0 spiro atoms. The van der Waals surface area contributed by atoms with Gasteiger partial charge in [-0.1, -0.05) is 6.07 Å². The number of hydrogen-bond acceptors (Lipinski definition) is 5. The molecule has 4 rings (SSSR count). The van der Waals surface area contributed by atoms with E-state index < -0.39 is 5.92 Å². The number of aryl methyl sites for hydroxylation is 2. The van der Waals surface area contributed by atoms with E-state index in [-0.39, 0.29) is 24.0 Å². The van der Waals surface area contributed by atoms with E-state index in [9.17, 15) is 14.4 Å². The van der Waals surface area contributed by atoms with Crippen molar-refractivity contribution >= 4 is 39.8 Å². The average Bonchev–Trinajstić information content (AvgIpc) is 3.32. The molecular weight excluding hydrogens is 350 g/mol. The van der Waals surface area contributed by atoms with Gasteiger partial charge in [0.05, 0.1) is 5.92 Å². The summed E-state index contributed by atoms with van der Waals surface area (Å²) in [5.41, 5.74) is 3.88. The van der Waals surface area contributed by atoms with Crippen molar-refractivity contribution in [2.45, 2.75) is 32.6 Å². The molecule has 6 nitrogen and oxygen atoms in total. The first kappa shape index (κ1) is 16.9. The Morgan fingerprint density at radius 2 is 2.08 bits per heavy atom. The maximum atomic E-state index is 12.5. The number of ketones is 1. The first-order valence-electron chi connectivity index (χ1n) is 8.71. The lowest BCUT2D eigenvalue weighted by molar-refractivity contribution is -0.122. The Labute approximate surface area is 155 Å². The van der Waals surface area contributed by atoms with Gasteiger partial charge in [-0.25, -0.2) is 4.98 Å². The number of amides is 2. The Balaban J connectivity index is 1.45. The van der Waals surface area contributed by atoms with Gasteiger partial charge in [0.15, 0.2) is 10.9 Å². The first-order chi connectivity index (χ1) is 12.5. The molecule has 0 saturated carbocycles. The van der Waals surface area contributed by atoms with Crippen LogP contribution in [0.25, 0.3) is 0 Å². The summed E-state index contributed by atoms with van der Waals surface area (Å²) in [4.78, 5) is 42.0. The quantitative estimate of drug-likeness (QED) is 0.841. The number of thiazole rings is 1. The molecule has 2 aromatic rings. The number of carbonyl (C=O) groups excluding carboxylic acids is 3. The van der Waals surface area contributed by atoms with Gasteiger partial charge >= 0.3 is 0 Å². The van der Waals surface area contributed by atoms with E-state index >= 15 is 0 Å². The summed E-state index contributed by atoms with van der Waals surface area (Å²) in [5.74, 6) is -0.820. The zero-order valence-electron chi connectivity index (χ0n) is 14.4. The standard InChI is InChI=1S/C19H19N3O3S/c1-11(23)16-10-26-19(20-16)21-18(25)14-8-17(24)22(9-14)15-6-5-12-3-2-4-13(12)7-15/h5-7,10,14H,2-4,8-9H2,1H3,(H,20,21,25). The second kappa shape index (κ2) is 6.64. The molecule has 1 saturated heterocycles. The van der Waals surface area contributed by atoms with Gasteiger partial charge < -0.3 is 10.2 Å². The molecule has 2 heterocycles. The fourth-order valence-corrected chi connectivity index (χ4v) is 4.31. The number of rotatable bonds is 4. The Hall–Kier alpha value is -2.54. The number of nitrogens with one attached hydrogen (secondary N) is 1. The molecule has 1 aromatic carbocycles. The van der Waals surface area contributed by atoms with Crippen molar-refractivity contribution < 1.29 is 14.4 Å². The van der Waals surface area contributed by atoms with Crippen molar-refractivity contribution in [1.82, 2.24) is 4.98 Å². The smallest absolute Gasteiger partial charge is 0.231 e. The zero-order chi connectivity index (χ0) is 18.3. The Morgan fingerprint density at radius 1 is 1.27 bits per heavy atom. The van der Waals surface area contributed by atoms with Gasteiger partial charge in [0.2, 0.25) is 11.8 Å². The summed E-state index contributed by atoms with van der Waals surface area (Å²) in [7, 11) is 0. The molecule has 2 aliphatic rings. The fraction of sp³-hybridized carbons (Fsp3) is 0.368. The van der Waals surface area contributed by atoms with Crippen LogP contribution in [-0.2, 0) is 22.4 Å². The number of benzene rings is 1. The number of anilines is 2. The van der Waals surface area contributed by atoms with Crippen LogP contribution < -0.4 is 10.2 Å². The molecule has 1 aliphatic heterocycles. The molecule has 0 radical (unpaired) electrons. The summed E-state index contributed by atoms with van der Waals surface area (Å²) in [6, 6.07) is 6.15. The minimum Gasteiger partial charge on any atom is -0.312 e. The van der Waals surface area contributed by atoms with Crippen LogP contribution in [0.2, 0.25) is 0 Å². The van der Waals surface area contributed by atoms with E-state index in [2.05, 4.69) is 22.4 Å². The second-order valence-corrected chi connectivity index (χ2v) is 7.65. The number of nitrogens with zero attached hydrogens (tertiary/aromatic N) is 2. The highest BCUT2D eigenvalue weighted by Gasteiger charge is 2.35. The monoisotopic (exact) mass is 369 g/mol. The van der Waals surface area contributed by atoms with E-state index in [0.717, 1.165) is 24.9 Å². The molecule has 1 atom stereocenters. The predicted molar refractivity (Wildman–Crippen MR) is 99.7 cm³/mol. The van der Waals surface area contributed by atoms with E-state index in [1.807, 2.05) is 6.07 Å². The zero-order valence-corrected chi connectivity index (χ0v) is 15.3. The van der Waals surface area contributed by atoms with Crippen molar-refractivity contribution in [2.24, 2.45) is 5.92 Å². The maximum absolute atomic E-state index is 12.5. The van der Waals surface area contributed by atoms with Crippen LogP contribution in [-0.4, -0.2) is 29.1 Å². The number of carbonyl (C=O) groups is 3. The summed E-state index contributed by atoms with van der Waals surface area (Å²) in [5, 5.41) is 4.74. The fourth-order valence-electron chi connectivity index (χ4n) is 3.56. The van der Waals surface area contributed by atoms with Crippen molar-refractivity contribution in [1.29, 1.82) is 0 Å². The van der Waals surface area contributed by atoms with Gasteiger partial charge in [-0.3, -0.25) is 14.4 Å². The number of aromatic nitrogens is 1. The highest BCUT2D eigenvalue weighted by molar-refractivity contribution is 7.14. The van der Waals surface area contributed by atoms with E-state index in [1.54, 1.807) is 10.3 Å². The Kier molecular flexibility index (Phi) is 4.32. The predicted octanol–water partition coefficient (Wildman–Crippen LogP) is 2.83. The average molecular weight is 369 g/mol. The minimum absolute atomic E-state index is 0.0355. The first-order valence-corrected chi connectivity index (χ1v) is 9.59. The minimum atomic E-state index is -0.416. The van der Waals surface area contributed by atoms with Gasteiger partial charge in [0, 0.05) is 31.0 Å². The van der Waals surface area contributed by atoms with Crippen molar-refractivity contribution in [3.8, 4) is 0 Å². The molecular formula is C19H19N3O3S. The third kappa shape index (κ3) is 3.14. The van der Waals surface area contributed by atoms with Crippen molar-refractivity contribution in [3.63, 3.8) is 0 Å². The molecule has 26 heavy (non-hydrogen) atoms. The summed E-state index contributed by atoms with van der Waals surface area (Å²) >= 11 is 1.21. The van der Waals surface area contributed by atoms with Gasteiger partial charge in [-0.15, -0.1) is 11.3 Å². The highest BCUT2D eigenvalue weighted by atomic mass is 32.1. The van der Waals surface area contributed by atoms with Crippen LogP contribution in [0, 0.1) is 5.92 Å². The summed E-state index contributed by atoms with van der Waals surface area (Å²) in [6.07, 6.45) is 3.50. The van der Waals surface area contributed by atoms with Crippen LogP contribution in [0.1, 0.15) is 41.4 Å². The van der Waals surface area contributed by atoms with Gasteiger partial charge in [0.1, 0.15) is 5.69 Å². The molecule has 134 valence electrons. The number of Topliss-reactive ketones (excluding diaryl/α,β-unsaturated/α-hetero) is 1. The molecule has 0 bridgehead atoms. The molecule has 1 fully saturated rings. The van der Waals surface area contributed by atoms with Crippen LogP contribution in [0.4, 0.5) is 10.8 Å². The molecule has 1 aliphatic carbocycles. The van der Waals surface area contributed by atoms with E-state index in [1.165, 1.54) is 29.4 Å². The van der Waals surface area contributed by atoms with E-state index in [4.69, 9.17) is 0 Å². The van der Waals surface area contributed by atoms with Crippen LogP contribution in [0.5, 0.6) is 0 Å². The van der Waals surface area contributed by atoms with Gasteiger partial charge in [-0.05, 0) is 42.5 Å². The molecule has 1 aromatic heterocycles. The third-order valence-electron chi connectivity index (χ3n) is 4.98. The lowest BCUT2D eigenvalue weighted by Crippen LogP contribution is -2.28. The SMILES string of the molecule is CC(=O)c1csc(NC(=O)C2CC(=O)N(c3ccc4c(c3)CCC4)C2)n1.